The molecule has 0 spiro atoms. The summed E-state index contributed by atoms with van der Waals surface area (Å²) in [6.45, 7) is 1.28. The molecule has 2 aromatic rings. The first-order valence-electron chi connectivity index (χ1n) is 9.58. The third-order valence-electron chi connectivity index (χ3n) is 5.10. The van der Waals surface area contributed by atoms with Crippen molar-refractivity contribution in [2.24, 2.45) is 5.92 Å². The van der Waals surface area contributed by atoms with E-state index in [1.165, 1.54) is 9.71 Å². The molecule has 1 fully saturated rings. The third-order valence-corrected chi connectivity index (χ3v) is 7.20. The second-order valence-corrected chi connectivity index (χ2v) is 9.99. The second-order valence-electron chi connectivity index (χ2n) is 7.25. The van der Waals surface area contributed by atoms with Gasteiger partial charge in [-0.3, -0.25) is 4.79 Å². The first kappa shape index (κ1) is 21.7. The van der Waals surface area contributed by atoms with E-state index in [1.54, 1.807) is 18.0 Å². The van der Waals surface area contributed by atoms with Crippen LogP contribution < -0.4 is 0 Å². The number of halogens is 1. The zero-order valence-corrected chi connectivity index (χ0v) is 18.8. The number of hydrogen-bond acceptors (Lipinski definition) is 3. The van der Waals surface area contributed by atoms with Gasteiger partial charge in [-0.1, -0.05) is 58.4 Å². The summed E-state index contributed by atoms with van der Waals surface area (Å²) in [5.74, 6) is -0.0650. The van der Waals surface area contributed by atoms with Crippen LogP contribution in [0.1, 0.15) is 24.0 Å². The van der Waals surface area contributed by atoms with Gasteiger partial charge >= 0.3 is 0 Å². The van der Waals surface area contributed by atoms with Gasteiger partial charge in [-0.15, -0.1) is 0 Å². The number of carbonyl (C=O) groups is 1. The van der Waals surface area contributed by atoms with Crippen LogP contribution >= 0.6 is 15.9 Å². The maximum atomic E-state index is 12.8. The fourth-order valence-electron chi connectivity index (χ4n) is 3.43. The minimum Gasteiger partial charge on any atom is -0.341 e. The van der Waals surface area contributed by atoms with E-state index in [0.717, 1.165) is 15.6 Å². The summed E-state index contributed by atoms with van der Waals surface area (Å²) in [5, 5.41) is 1.25. The van der Waals surface area contributed by atoms with Gasteiger partial charge in [0.1, 0.15) is 0 Å². The molecule has 0 unspecified atom stereocenters. The van der Waals surface area contributed by atoms with E-state index >= 15 is 0 Å². The zero-order chi connectivity index (χ0) is 20.9. The Balaban J connectivity index is 1.54. The number of nitrogens with zero attached hydrogens (tertiary/aromatic N) is 2. The molecule has 0 aliphatic carbocycles. The standard InChI is InChI=1S/C22H25BrN2O3S/c1-24(17-19-7-9-21(23)10-8-19)22(26)20-11-14-25(15-12-20)29(27,28)16-13-18-5-3-2-4-6-18/h2-10,13,16,20H,11-12,14-15,17H2,1H3/b16-13+. The van der Waals surface area contributed by atoms with Crippen molar-refractivity contribution in [2.75, 3.05) is 20.1 Å². The monoisotopic (exact) mass is 476 g/mol. The molecule has 1 saturated heterocycles. The van der Waals surface area contributed by atoms with E-state index < -0.39 is 10.0 Å². The lowest BCUT2D eigenvalue weighted by Crippen LogP contribution is -2.42. The predicted molar refractivity (Wildman–Crippen MR) is 119 cm³/mol. The van der Waals surface area contributed by atoms with Gasteiger partial charge in [0.2, 0.25) is 15.9 Å². The molecule has 3 rings (SSSR count). The van der Waals surface area contributed by atoms with Crippen molar-refractivity contribution in [1.29, 1.82) is 0 Å². The lowest BCUT2D eigenvalue weighted by molar-refractivity contribution is -0.135. The highest BCUT2D eigenvalue weighted by atomic mass is 79.9. The van der Waals surface area contributed by atoms with E-state index in [2.05, 4.69) is 15.9 Å². The molecule has 5 nitrogen and oxygen atoms in total. The Morgan fingerprint density at radius 2 is 1.72 bits per heavy atom. The predicted octanol–water partition coefficient (Wildman–Crippen LogP) is 4.12. The summed E-state index contributed by atoms with van der Waals surface area (Å²) < 4.78 is 27.6. The van der Waals surface area contributed by atoms with Gasteiger partial charge in [-0.25, -0.2) is 8.42 Å². The van der Waals surface area contributed by atoms with Gasteiger partial charge in [0, 0.05) is 42.5 Å². The smallest absolute Gasteiger partial charge is 0.236 e. The Kier molecular flexibility index (Phi) is 7.27. The fourth-order valence-corrected chi connectivity index (χ4v) is 4.91. The average Bonchev–Trinajstić information content (AvgIpc) is 2.74. The van der Waals surface area contributed by atoms with Gasteiger partial charge in [0.25, 0.3) is 0 Å². The fraction of sp³-hybridized carbons (Fsp3) is 0.318. The minimum atomic E-state index is -3.48. The summed E-state index contributed by atoms with van der Waals surface area (Å²) >= 11 is 3.41. The van der Waals surface area contributed by atoms with Crippen LogP contribution in [0.2, 0.25) is 0 Å². The van der Waals surface area contributed by atoms with Gasteiger partial charge in [0.15, 0.2) is 0 Å². The number of amides is 1. The van der Waals surface area contributed by atoms with Gasteiger partial charge in [0.05, 0.1) is 0 Å². The summed E-state index contributed by atoms with van der Waals surface area (Å²) in [5.41, 5.74) is 1.91. The van der Waals surface area contributed by atoms with Crippen LogP contribution in [0.15, 0.2) is 64.5 Å². The molecule has 0 N–H and O–H groups in total. The first-order valence-corrected chi connectivity index (χ1v) is 11.9. The first-order chi connectivity index (χ1) is 13.8. The Bertz CT molecular complexity index is 951. The molecule has 7 heteroatoms. The number of hydrogen-bond donors (Lipinski definition) is 0. The zero-order valence-electron chi connectivity index (χ0n) is 16.4. The second kappa shape index (κ2) is 9.69. The maximum Gasteiger partial charge on any atom is 0.236 e. The molecule has 2 aromatic carbocycles. The lowest BCUT2D eigenvalue weighted by Gasteiger charge is -2.32. The van der Waals surface area contributed by atoms with Crippen LogP contribution in [-0.4, -0.2) is 43.7 Å². The van der Waals surface area contributed by atoms with Crippen LogP contribution in [0.3, 0.4) is 0 Å². The van der Waals surface area contributed by atoms with Crippen molar-refractivity contribution in [3.63, 3.8) is 0 Å². The molecule has 1 aliphatic heterocycles. The Morgan fingerprint density at radius 3 is 2.34 bits per heavy atom. The van der Waals surface area contributed by atoms with E-state index in [0.29, 0.717) is 32.5 Å². The minimum absolute atomic E-state index is 0.0739. The molecule has 0 saturated carbocycles. The Morgan fingerprint density at radius 1 is 1.10 bits per heavy atom. The van der Waals surface area contributed by atoms with Crippen molar-refractivity contribution < 1.29 is 13.2 Å². The Hall–Kier alpha value is -1.96. The molecule has 1 amide bonds. The SMILES string of the molecule is CN(Cc1ccc(Br)cc1)C(=O)C1CCN(S(=O)(=O)/C=C/c2ccccc2)CC1. The topological polar surface area (TPSA) is 57.7 Å². The molecule has 0 radical (unpaired) electrons. The summed E-state index contributed by atoms with van der Waals surface area (Å²) in [7, 11) is -1.68. The quantitative estimate of drug-likeness (QED) is 0.629. The van der Waals surface area contributed by atoms with E-state index in [4.69, 9.17) is 0 Å². The van der Waals surface area contributed by atoms with Crippen molar-refractivity contribution >= 4 is 37.9 Å². The summed E-state index contributed by atoms with van der Waals surface area (Å²) in [6, 6.07) is 17.2. The maximum absolute atomic E-state index is 12.8. The van der Waals surface area contributed by atoms with Gasteiger partial charge in [-0.05, 0) is 42.2 Å². The van der Waals surface area contributed by atoms with E-state index in [-0.39, 0.29) is 11.8 Å². The van der Waals surface area contributed by atoms with Crippen LogP contribution in [-0.2, 0) is 21.4 Å². The molecule has 0 bridgehead atoms. The molecular weight excluding hydrogens is 452 g/mol. The number of rotatable bonds is 6. The van der Waals surface area contributed by atoms with Crippen molar-refractivity contribution in [2.45, 2.75) is 19.4 Å². The van der Waals surface area contributed by atoms with Crippen molar-refractivity contribution in [1.82, 2.24) is 9.21 Å². The van der Waals surface area contributed by atoms with Crippen molar-refractivity contribution in [3.05, 3.63) is 75.6 Å². The molecule has 154 valence electrons. The molecule has 0 atom stereocenters. The van der Waals surface area contributed by atoms with E-state index in [1.807, 2.05) is 54.6 Å². The number of sulfonamides is 1. The van der Waals surface area contributed by atoms with E-state index in [9.17, 15) is 13.2 Å². The Labute approximate surface area is 181 Å². The molecule has 0 aromatic heterocycles. The van der Waals surface area contributed by atoms with Crippen LogP contribution in [0.5, 0.6) is 0 Å². The lowest BCUT2D eigenvalue weighted by atomic mass is 9.96. The van der Waals surface area contributed by atoms with Crippen LogP contribution in [0.4, 0.5) is 0 Å². The normalized spacial score (nSPS) is 16.2. The molecule has 1 heterocycles. The summed E-state index contributed by atoms with van der Waals surface area (Å²) in [6.07, 6.45) is 2.70. The largest absolute Gasteiger partial charge is 0.341 e. The van der Waals surface area contributed by atoms with Crippen LogP contribution in [0, 0.1) is 5.92 Å². The highest BCUT2D eigenvalue weighted by Crippen LogP contribution is 2.23. The molecule has 29 heavy (non-hydrogen) atoms. The van der Waals surface area contributed by atoms with Crippen LogP contribution in [0.25, 0.3) is 6.08 Å². The molecule has 1 aliphatic rings. The summed E-state index contributed by atoms with van der Waals surface area (Å²) in [4.78, 5) is 14.5. The highest BCUT2D eigenvalue weighted by molar-refractivity contribution is 9.10. The molecular formula is C22H25BrN2O3S. The number of benzene rings is 2. The number of carbonyl (C=O) groups excluding carboxylic acids is 1. The highest BCUT2D eigenvalue weighted by Gasteiger charge is 2.31. The van der Waals surface area contributed by atoms with Gasteiger partial charge < -0.3 is 4.90 Å². The van der Waals surface area contributed by atoms with Gasteiger partial charge in [-0.2, -0.15) is 4.31 Å². The van der Waals surface area contributed by atoms with Crippen molar-refractivity contribution in [3.8, 4) is 0 Å². The third kappa shape index (κ3) is 6.01. The number of piperidine rings is 1. The average molecular weight is 477 g/mol.